The van der Waals surface area contributed by atoms with Crippen molar-refractivity contribution < 1.29 is 9.18 Å². The van der Waals surface area contributed by atoms with E-state index >= 15 is 0 Å². The Morgan fingerprint density at radius 3 is 2.70 bits per heavy atom. The van der Waals surface area contributed by atoms with Crippen molar-refractivity contribution in [1.29, 1.82) is 0 Å². The van der Waals surface area contributed by atoms with Gasteiger partial charge in [-0.25, -0.2) is 14.4 Å². The van der Waals surface area contributed by atoms with Gasteiger partial charge in [-0.2, -0.15) is 0 Å². The number of halogens is 1. The van der Waals surface area contributed by atoms with E-state index in [9.17, 15) is 9.18 Å². The van der Waals surface area contributed by atoms with Gasteiger partial charge in [0.25, 0.3) is 5.91 Å². The first kappa shape index (κ1) is 12.7. The van der Waals surface area contributed by atoms with Crippen LogP contribution in [0.5, 0.6) is 0 Å². The van der Waals surface area contributed by atoms with E-state index in [0.29, 0.717) is 18.0 Å². The van der Waals surface area contributed by atoms with E-state index in [4.69, 9.17) is 0 Å². The van der Waals surface area contributed by atoms with Crippen molar-refractivity contribution in [3.05, 3.63) is 59.4 Å². The maximum atomic E-state index is 12.8. The van der Waals surface area contributed by atoms with E-state index in [-0.39, 0.29) is 11.7 Å². The predicted molar refractivity (Wildman–Crippen MR) is 71.6 cm³/mol. The summed E-state index contributed by atoms with van der Waals surface area (Å²) in [6, 6.07) is 7.39. The number of nitrogens with one attached hydrogen (secondary N) is 1. The molecule has 5 heteroatoms. The molecule has 1 aromatic carbocycles. The lowest BCUT2D eigenvalue weighted by Crippen LogP contribution is -2.23. The molecule has 0 aliphatic heterocycles. The molecule has 0 atom stereocenters. The van der Waals surface area contributed by atoms with Crippen LogP contribution in [0.4, 0.5) is 4.39 Å². The number of aromatic nitrogens is 2. The van der Waals surface area contributed by atoms with Gasteiger partial charge in [0, 0.05) is 17.2 Å². The Labute approximate surface area is 116 Å². The SMILES string of the molecule is O=C(NCc1cc(C2CC2)ncn1)c1ccc(F)cc1. The number of rotatable bonds is 4. The molecule has 1 saturated carbocycles. The Balaban J connectivity index is 1.62. The molecule has 4 nitrogen and oxygen atoms in total. The van der Waals surface area contributed by atoms with E-state index in [0.717, 1.165) is 11.4 Å². The summed E-state index contributed by atoms with van der Waals surface area (Å²) in [7, 11) is 0. The quantitative estimate of drug-likeness (QED) is 0.929. The van der Waals surface area contributed by atoms with Gasteiger partial charge in [-0.1, -0.05) is 0 Å². The fourth-order valence-electron chi connectivity index (χ4n) is 1.99. The van der Waals surface area contributed by atoms with Crippen molar-refractivity contribution in [1.82, 2.24) is 15.3 Å². The predicted octanol–water partition coefficient (Wildman–Crippen LogP) is 2.42. The molecule has 0 radical (unpaired) electrons. The minimum atomic E-state index is -0.355. The van der Waals surface area contributed by atoms with E-state index in [2.05, 4.69) is 15.3 Å². The molecule has 1 aliphatic rings. The highest BCUT2D eigenvalue weighted by molar-refractivity contribution is 5.94. The zero-order valence-corrected chi connectivity index (χ0v) is 10.8. The normalized spacial score (nSPS) is 14.1. The van der Waals surface area contributed by atoms with Crippen molar-refractivity contribution in [2.75, 3.05) is 0 Å². The molecule has 3 rings (SSSR count). The topological polar surface area (TPSA) is 54.9 Å². The molecule has 0 unspecified atom stereocenters. The minimum Gasteiger partial charge on any atom is -0.346 e. The van der Waals surface area contributed by atoms with E-state index in [1.54, 1.807) is 0 Å². The number of benzene rings is 1. The van der Waals surface area contributed by atoms with Crippen molar-refractivity contribution in [2.24, 2.45) is 0 Å². The highest BCUT2D eigenvalue weighted by Crippen LogP contribution is 2.38. The molecule has 1 amide bonds. The van der Waals surface area contributed by atoms with E-state index in [1.165, 1.54) is 43.4 Å². The fraction of sp³-hybridized carbons (Fsp3) is 0.267. The second kappa shape index (κ2) is 5.36. The summed E-state index contributed by atoms with van der Waals surface area (Å²) >= 11 is 0. The molecule has 1 aliphatic carbocycles. The molecular formula is C15H14FN3O. The third-order valence-corrected chi connectivity index (χ3v) is 3.28. The van der Waals surface area contributed by atoms with Gasteiger partial charge in [0.15, 0.2) is 0 Å². The lowest BCUT2D eigenvalue weighted by Gasteiger charge is -2.06. The Morgan fingerprint density at radius 1 is 1.25 bits per heavy atom. The van der Waals surface area contributed by atoms with Crippen LogP contribution in [0.1, 0.15) is 40.5 Å². The zero-order chi connectivity index (χ0) is 13.9. The highest BCUT2D eigenvalue weighted by Gasteiger charge is 2.25. The molecular weight excluding hydrogens is 257 g/mol. The smallest absolute Gasteiger partial charge is 0.251 e. The number of hydrogen-bond donors (Lipinski definition) is 1. The largest absolute Gasteiger partial charge is 0.346 e. The van der Waals surface area contributed by atoms with Gasteiger partial charge in [0.2, 0.25) is 0 Å². The zero-order valence-electron chi connectivity index (χ0n) is 10.8. The van der Waals surface area contributed by atoms with Crippen LogP contribution >= 0.6 is 0 Å². The second-order valence-electron chi connectivity index (χ2n) is 4.90. The van der Waals surface area contributed by atoms with Crippen LogP contribution in [0.2, 0.25) is 0 Å². The Kier molecular flexibility index (Phi) is 3.41. The second-order valence-corrected chi connectivity index (χ2v) is 4.90. The Morgan fingerprint density at radius 2 is 2.00 bits per heavy atom. The third-order valence-electron chi connectivity index (χ3n) is 3.28. The number of carbonyl (C=O) groups is 1. The van der Waals surface area contributed by atoms with Crippen LogP contribution in [-0.2, 0) is 6.54 Å². The van der Waals surface area contributed by atoms with Crippen LogP contribution in [0.3, 0.4) is 0 Å². The van der Waals surface area contributed by atoms with Gasteiger partial charge in [0.05, 0.1) is 12.2 Å². The standard InChI is InChI=1S/C15H14FN3O/c16-12-5-3-11(4-6-12)15(20)17-8-13-7-14(10-1-2-10)19-9-18-13/h3-7,9-10H,1-2,8H2,(H,17,20). The van der Waals surface area contributed by atoms with E-state index < -0.39 is 0 Å². The van der Waals surface area contributed by atoms with Gasteiger partial charge in [-0.15, -0.1) is 0 Å². The Hall–Kier alpha value is -2.30. The maximum absolute atomic E-state index is 12.8. The molecule has 20 heavy (non-hydrogen) atoms. The summed E-state index contributed by atoms with van der Waals surface area (Å²) < 4.78 is 12.8. The summed E-state index contributed by atoms with van der Waals surface area (Å²) in [4.78, 5) is 20.3. The first-order chi connectivity index (χ1) is 9.72. The highest BCUT2D eigenvalue weighted by atomic mass is 19.1. The summed E-state index contributed by atoms with van der Waals surface area (Å²) in [6.45, 7) is 0.346. The molecule has 1 fully saturated rings. The van der Waals surface area contributed by atoms with Crippen LogP contribution in [0.15, 0.2) is 36.7 Å². The van der Waals surface area contributed by atoms with Gasteiger partial charge in [-0.3, -0.25) is 4.79 Å². The van der Waals surface area contributed by atoms with Crippen molar-refractivity contribution >= 4 is 5.91 Å². The monoisotopic (exact) mass is 271 g/mol. The lowest BCUT2D eigenvalue weighted by atomic mass is 10.2. The van der Waals surface area contributed by atoms with Crippen molar-refractivity contribution in [2.45, 2.75) is 25.3 Å². The van der Waals surface area contributed by atoms with Crippen molar-refractivity contribution in [3.8, 4) is 0 Å². The molecule has 0 bridgehead atoms. The molecule has 1 N–H and O–H groups in total. The van der Waals surface area contributed by atoms with Gasteiger partial charge < -0.3 is 5.32 Å². The fourth-order valence-corrected chi connectivity index (χ4v) is 1.99. The van der Waals surface area contributed by atoms with Crippen LogP contribution in [0, 0.1) is 5.82 Å². The molecule has 1 heterocycles. The van der Waals surface area contributed by atoms with Crippen molar-refractivity contribution in [3.63, 3.8) is 0 Å². The van der Waals surface area contributed by atoms with Gasteiger partial charge in [0.1, 0.15) is 12.1 Å². The maximum Gasteiger partial charge on any atom is 0.251 e. The third kappa shape index (κ3) is 2.99. The van der Waals surface area contributed by atoms with Crippen LogP contribution in [-0.4, -0.2) is 15.9 Å². The Bertz CT molecular complexity index is 623. The number of nitrogens with zero attached hydrogens (tertiary/aromatic N) is 2. The van der Waals surface area contributed by atoms with E-state index in [1.807, 2.05) is 6.07 Å². The summed E-state index contributed by atoms with van der Waals surface area (Å²) in [6.07, 6.45) is 3.89. The molecule has 0 saturated heterocycles. The molecule has 1 aromatic heterocycles. The van der Waals surface area contributed by atoms with Gasteiger partial charge >= 0.3 is 0 Å². The molecule has 2 aromatic rings. The van der Waals surface area contributed by atoms with Gasteiger partial charge in [-0.05, 0) is 43.2 Å². The number of hydrogen-bond acceptors (Lipinski definition) is 3. The minimum absolute atomic E-state index is 0.239. The summed E-state index contributed by atoms with van der Waals surface area (Å²) in [5.74, 6) is -0.0347. The average Bonchev–Trinajstić information content (AvgIpc) is 3.30. The number of amides is 1. The van der Waals surface area contributed by atoms with Crippen LogP contribution < -0.4 is 5.32 Å². The lowest BCUT2D eigenvalue weighted by molar-refractivity contribution is 0.0950. The van der Waals surface area contributed by atoms with Crippen LogP contribution in [0.25, 0.3) is 0 Å². The summed E-state index contributed by atoms with van der Waals surface area (Å²) in [5, 5.41) is 2.77. The summed E-state index contributed by atoms with van der Waals surface area (Å²) in [5.41, 5.74) is 2.27. The molecule has 102 valence electrons. The molecule has 0 spiro atoms. The average molecular weight is 271 g/mol. The first-order valence-corrected chi connectivity index (χ1v) is 6.57. The number of carbonyl (C=O) groups excluding carboxylic acids is 1. The first-order valence-electron chi connectivity index (χ1n) is 6.57.